The van der Waals surface area contributed by atoms with Gasteiger partial charge in [0.25, 0.3) is 0 Å². The molecule has 0 spiro atoms. The van der Waals surface area contributed by atoms with Crippen molar-refractivity contribution in [3.05, 3.63) is 0 Å². The fourth-order valence-corrected chi connectivity index (χ4v) is 2.28. The fourth-order valence-electron chi connectivity index (χ4n) is 2.28. The van der Waals surface area contributed by atoms with Gasteiger partial charge in [-0.05, 0) is 46.6 Å². The lowest BCUT2D eigenvalue weighted by atomic mass is 9.92. The molecule has 0 aromatic carbocycles. The molecular formula is C14H31N3O. The van der Waals surface area contributed by atoms with Crippen LogP contribution in [0.5, 0.6) is 0 Å². The quantitative estimate of drug-likeness (QED) is 0.662. The summed E-state index contributed by atoms with van der Waals surface area (Å²) in [6.07, 6.45) is 4.06. The topological polar surface area (TPSA) is 72.3 Å². The number of carbonyl (C=O) groups is 1. The number of hydrogen-bond acceptors (Lipinski definition) is 3. The van der Waals surface area contributed by atoms with Crippen LogP contribution in [0.3, 0.4) is 0 Å². The SMILES string of the molecule is CCCCN(C(C)CC)C(C)CC(C)(N)C(N)=O. The Labute approximate surface area is 112 Å². The summed E-state index contributed by atoms with van der Waals surface area (Å²) in [7, 11) is 0. The number of hydrogen-bond donors (Lipinski definition) is 2. The standard InChI is InChI=1S/C14H31N3O/c1-6-8-9-17(11(3)7-2)12(4)10-14(5,16)13(15)18/h11-12H,6-10,16H2,1-5H3,(H2,15,18). The van der Waals surface area contributed by atoms with Crippen molar-refractivity contribution in [3.8, 4) is 0 Å². The maximum absolute atomic E-state index is 11.3. The van der Waals surface area contributed by atoms with Crippen LogP contribution in [0.4, 0.5) is 0 Å². The van der Waals surface area contributed by atoms with Gasteiger partial charge in [-0.15, -0.1) is 0 Å². The first kappa shape index (κ1) is 17.4. The Hall–Kier alpha value is -0.610. The van der Waals surface area contributed by atoms with Gasteiger partial charge in [0.15, 0.2) is 0 Å². The second kappa shape index (κ2) is 7.74. The molecule has 3 unspecified atom stereocenters. The van der Waals surface area contributed by atoms with Crippen molar-refractivity contribution in [1.82, 2.24) is 4.90 Å². The highest BCUT2D eigenvalue weighted by atomic mass is 16.1. The van der Waals surface area contributed by atoms with Crippen molar-refractivity contribution < 1.29 is 4.79 Å². The molecule has 108 valence electrons. The predicted molar refractivity (Wildman–Crippen MR) is 77.2 cm³/mol. The van der Waals surface area contributed by atoms with Gasteiger partial charge in [-0.2, -0.15) is 0 Å². The van der Waals surface area contributed by atoms with Crippen LogP contribution in [-0.4, -0.2) is 35.0 Å². The zero-order valence-corrected chi connectivity index (χ0v) is 12.7. The summed E-state index contributed by atoms with van der Waals surface area (Å²) in [6.45, 7) is 11.5. The van der Waals surface area contributed by atoms with Gasteiger partial charge < -0.3 is 11.5 Å². The summed E-state index contributed by atoms with van der Waals surface area (Å²) >= 11 is 0. The molecule has 4 nitrogen and oxygen atoms in total. The largest absolute Gasteiger partial charge is 0.368 e. The minimum atomic E-state index is -0.919. The molecule has 3 atom stereocenters. The van der Waals surface area contributed by atoms with E-state index in [0.29, 0.717) is 12.5 Å². The molecule has 0 aliphatic heterocycles. The summed E-state index contributed by atoms with van der Waals surface area (Å²) in [5.41, 5.74) is 10.4. The Balaban J connectivity index is 4.64. The van der Waals surface area contributed by atoms with Crippen LogP contribution in [0, 0.1) is 0 Å². The van der Waals surface area contributed by atoms with Gasteiger partial charge in [0.2, 0.25) is 5.91 Å². The monoisotopic (exact) mass is 257 g/mol. The Morgan fingerprint density at radius 3 is 2.22 bits per heavy atom. The zero-order valence-electron chi connectivity index (χ0n) is 12.7. The van der Waals surface area contributed by atoms with Crippen LogP contribution in [0.15, 0.2) is 0 Å². The van der Waals surface area contributed by atoms with Gasteiger partial charge in [-0.25, -0.2) is 0 Å². The van der Waals surface area contributed by atoms with E-state index in [0.717, 1.165) is 13.0 Å². The molecule has 0 aliphatic rings. The van der Waals surface area contributed by atoms with E-state index in [-0.39, 0.29) is 6.04 Å². The summed E-state index contributed by atoms with van der Waals surface area (Å²) in [4.78, 5) is 13.8. The molecule has 0 heterocycles. The van der Waals surface area contributed by atoms with Gasteiger partial charge in [0, 0.05) is 12.1 Å². The third kappa shape index (κ3) is 5.36. The van der Waals surface area contributed by atoms with Crippen molar-refractivity contribution in [2.45, 2.75) is 77.9 Å². The molecule has 0 radical (unpaired) electrons. The minimum Gasteiger partial charge on any atom is -0.368 e. The Morgan fingerprint density at radius 2 is 1.83 bits per heavy atom. The summed E-state index contributed by atoms with van der Waals surface area (Å²) < 4.78 is 0. The van der Waals surface area contributed by atoms with E-state index in [1.165, 1.54) is 12.8 Å². The normalized spacial score (nSPS) is 18.4. The first-order valence-electron chi connectivity index (χ1n) is 7.10. The van der Waals surface area contributed by atoms with Crippen LogP contribution in [0.2, 0.25) is 0 Å². The number of nitrogens with two attached hydrogens (primary N) is 2. The summed E-state index contributed by atoms with van der Waals surface area (Å²) in [5, 5.41) is 0. The second-order valence-corrected chi connectivity index (χ2v) is 5.68. The summed E-state index contributed by atoms with van der Waals surface area (Å²) in [5.74, 6) is -0.422. The number of primary amides is 1. The third-order valence-corrected chi connectivity index (χ3v) is 3.78. The fraction of sp³-hybridized carbons (Fsp3) is 0.929. The average molecular weight is 257 g/mol. The Kier molecular flexibility index (Phi) is 7.48. The molecule has 0 fully saturated rings. The average Bonchev–Trinajstić information content (AvgIpc) is 2.28. The maximum atomic E-state index is 11.3. The maximum Gasteiger partial charge on any atom is 0.237 e. The van der Waals surface area contributed by atoms with Gasteiger partial charge in [0.05, 0.1) is 5.54 Å². The highest BCUT2D eigenvalue weighted by molar-refractivity contribution is 5.83. The number of amides is 1. The van der Waals surface area contributed by atoms with E-state index in [2.05, 4.69) is 32.6 Å². The van der Waals surface area contributed by atoms with E-state index in [1.54, 1.807) is 6.92 Å². The van der Waals surface area contributed by atoms with Gasteiger partial charge in [-0.3, -0.25) is 9.69 Å². The molecule has 1 amide bonds. The molecule has 0 aromatic heterocycles. The predicted octanol–water partition coefficient (Wildman–Crippen LogP) is 1.87. The highest BCUT2D eigenvalue weighted by Gasteiger charge is 2.31. The first-order chi connectivity index (χ1) is 8.26. The van der Waals surface area contributed by atoms with E-state index in [1.807, 2.05) is 0 Å². The van der Waals surface area contributed by atoms with E-state index < -0.39 is 11.4 Å². The van der Waals surface area contributed by atoms with Crippen molar-refractivity contribution in [1.29, 1.82) is 0 Å². The lowest BCUT2D eigenvalue weighted by Crippen LogP contribution is -2.54. The molecule has 18 heavy (non-hydrogen) atoms. The van der Waals surface area contributed by atoms with Gasteiger partial charge in [0.1, 0.15) is 0 Å². The minimum absolute atomic E-state index is 0.272. The number of nitrogens with zero attached hydrogens (tertiary/aromatic N) is 1. The molecule has 0 aromatic rings. The number of rotatable bonds is 9. The van der Waals surface area contributed by atoms with Gasteiger partial charge in [-0.1, -0.05) is 20.3 Å². The molecule has 4 N–H and O–H groups in total. The second-order valence-electron chi connectivity index (χ2n) is 5.68. The van der Waals surface area contributed by atoms with Crippen molar-refractivity contribution in [2.24, 2.45) is 11.5 Å². The lowest BCUT2D eigenvalue weighted by Gasteiger charge is -2.37. The Bertz CT molecular complexity index is 253. The molecule has 0 rings (SSSR count). The molecule has 4 heteroatoms. The smallest absolute Gasteiger partial charge is 0.237 e. The van der Waals surface area contributed by atoms with E-state index >= 15 is 0 Å². The Morgan fingerprint density at radius 1 is 1.28 bits per heavy atom. The van der Waals surface area contributed by atoms with Crippen LogP contribution in [0.1, 0.15) is 60.3 Å². The molecule has 0 aliphatic carbocycles. The number of unbranched alkanes of at least 4 members (excludes halogenated alkanes) is 1. The highest BCUT2D eigenvalue weighted by Crippen LogP contribution is 2.18. The van der Waals surface area contributed by atoms with Crippen LogP contribution in [0.25, 0.3) is 0 Å². The van der Waals surface area contributed by atoms with Crippen molar-refractivity contribution in [2.75, 3.05) is 6.54 Å². The van der Waals surface area contributed by atoms with Gasteiger partial charge >= 0.3 is 0 Å². The zero-order chi connectivity index (χ0) is 14.3. The van der Waals surface area contributed by atoms with Crippen molar-refractivity contribution >= 4 is 5.91 Å². The van der Waals surface area contributed by atoms with Crippen molar-refractivity contribution in [3.63, 3.8) is 0 Å². The molecule has 0 saturated heterocycles. The van der Waals surface area contributed by atoms with E-state index in [4.69, 9.17) is 11.5 Å². The van der Waals surface area contributed by atoms with Crippen LogP contribution < -0.4 is 11.5 Å². The summed E-state index contributed by atoms with van der Waals surface area (Å²) in [6, 6.07) is 0.782. The van der Waals surface area contributed by atoms with Crippen LogP contribution in [-0.2, 0) is 4.79 Å². The first-order valence-corrected chi connectivity index (χ1v) is 7.10. The third-order valence-electron chi connectivity index (χ3n) is 3.78. The molecule has 0 bridgehead atoms. The van der Waals surface area contributed by atoms with Crippen LogP contribution >= 0.6 is 0 Å². The van der Waals surface area contributed by atoms with E-state index in [9.17, 15) is 4.79 Å². The molecular weight excluding hydrogens is 226 g/mol. The number of carbonyl (C=O) groups excluding carboxylic acids is 1. The lowest BCUT2D eigenvalue weighted by molar-refractivity contribution is -0.123. The molecule has 0 saturated carbocycles.